The maximum atomic E-state index is 5.43. The number of hydrogen-bond acceptors (Lipinski definition) is 4. The van der Waals surface area contributed by atoms with E-state index >= 15 is 0 Å². The van der Waals surface area contributed by atoms with E-state index in [1.807, 2.05) is 6.07 Å². The molecular formula is C8H7Br2N5. The van der Waals surface area contributed by atoms with Crippen molar-refractivity contribution < 1.29 is 0 Å². The molecule has 0 saturated heterocycles. The number of aromatic nitrogens is 4. The third-order valence-corrected chi connectivity index (χ3v) is 2.74. The maximum absolute atomic E-state index is 5.43. The maximum Gasteiger partial charge on any atom is 0.169 e. The fourth-order valence-corrected chi connectivity index (χ4v) is 2.24. The lowest BCUT2D eigenvalue weighted by atomic mass is 10.5. The Hall–Kier alpha value is -0.790. The van der Waals surface area contributed by atoms with Crippen molar-refractivity contribution in [2.45, 2.75) is 6.54 Å². The number of nitrogens with two attached hydrogens (primary N) is 1. The quantitative estimate of drug-likeness (QED) is 0.907. The van der Waals surface area contributed by atoms with Crippen molar-refractivity contribution in [2.24, 2.45) is 5.73 Å². The molecule has 0 aliphatic rings. The molecule has 0 bridgehead atoms. The van der Waals surface area contributed by atoms with Gasteiger partial charge in [0.25, 0.3) is 0 Å². The van der Waals surface area contributed by atoms with Crippen LogP contribution in [0, 0.1) is 0 Å². The molecule has 0 fully saturated rings. The van der Waals surface area contributed by atoms with E-state index in [2.05, 4.69) is 46.9 Å². The van der Waals surface area contributed by atoms with Gasteiger partial charge in [-0.15, -0.1) is 5.10 Å². The molecule has 2 rings (SSSR count). The molecule has 5 nitrogen and oxygen atoms in total. The fraction of sp³-hybridized carbons (Fsp3) is 0.125. The number of halogens is 2. The summed E-state index contributed by atoms with van der Waals surface area (Å²) < 4.78 is 3.32. The SMILES string of the molecule is NCc1ncn(-c2ncc(Br)cc2Br)n1. The Morgan fingerprint density at radius 3 is 2.73 bits per heavy atom. The minimum atomic E-state index is 0.321. The molecule has 2 heterocycles. The molecule has 2 aromatic heterocycles. The summed E-state index contributed by atoms with van der Waals surface area (Å²) in [5.74, 6) is 1.28. The molecule has 7 heteroatoms. The molecule has 0 aliphatic carbocycles. The molecule has 0 spiro atoms. The van der Waals surface area contributed by atoms with Gasteiger partial charge in [-0.2, -0.15) is 0 Å². The smallest absolute Gasteiger partial charge is 0.169 e. The second-order valence-electron chi connectivity index (χ2n) is 2.77. The highest BCUT2D eigenvalue weighted by molar-refractivity contribution is 9.11. The second-order valence-corrected chi connectivity index (χ2v) is 4.54. The Labute approximate surface area is 103 Å². The number of rotatable bonds is 2. The molecule has 0 radical (unpaired) electrons. The molecule has 0 atom stereocenters. The average Bonchev–Trinajstić information content (AvgIpc) is 2.66. The predicted molar refractivity (Wildman–Crippen MR) is 62.4 cm³/mol. The normalized spacial score (nSPS) is 10.6. The van der Waals surface area contributed by atoms with Crippen LogP contribution < -0.4 is 5.73 Å². The molecule has 0 unspecified atom stereocenters. The van der Waals surface area contributed by atoms with Gasteiger partial charge < -0.3 is 5.73 Å². The zero-order chi connectivity index (χ0) is 10.8. The Morgan fingerprint density at radius 1 is 1.33 bits per heavy atom. The third kappa shape index (κ3) is 2.24. The molecule has 0 saturated carbocycles. The molecule has 15 heavy (non-hydrogen) atoms. The summed E-state index contributed by atoms with van der Waals surface area (Å²) in [6.45, 7) is 0.321. The van der Waals surface area contributed by atoms with Crippen LogP contribution in [0.1, 0.15) is 5.82 Å². The summed E-state index contributed by atoms with van der Waals surface area (Å²) in [6.07, 6.45) is 3.28. The summed E-state index contributed by atoms with van der Waals surface area (Å²) in [5.41, 5.74) is 5.43. The van der Waals surface area contributed by atoms with Crippen LogP contribution in [0.4, 0.5) is 0 Å². The zero-order valence-corrected chi connectivity index (χ0v) is 10.7. The molecule has 2 aromatic rings. The van der Waals surface area contributed by atoms with Crippen molar-refractivity contribution in [3.63, 3.8) is 0 Å². The molecule has 78 valence electrons. The van der Waals surface area contributed by atoms with Crippen LogP contribution in [-0.2, 0) is 6.54 Å². The van der Waals surface area contributed by atoms with Gasteiger partial charge in [0.05, 0.1) is 11.0 Å². The van der Waals surface area contributed by atoms with E-state index < -0.39 is 0 Å². The number of pyridine rings is 1. The van der Waals surface area contributed by atoms with Crippen molar-refractivity contribution in [3.8, 4) is 5.82 Å². The summed E-state index contributed by atoms with van der Waals surface area (Å²) in [4.78, 5) is 8.25. The minimum absolute atomic E-state index is 0.321. The average molecular weight is 333 g/mol. The monoisotopic (exact) mass is 331 g/mol. The highest BCUT2D eigenvalue weighted by Crippen LogP contribution is 2.21. The van der Waals surface area contributed by atoms with E-state index in [0.717, 1.165) is 8.95 Å². The van der Waals surface area contributed by atoms with Crippen LogP contribution in [0.15, 0.2) is 27.5 Å². The zero-order valence-electron chi connectivity index (χ0n) is 7.56. The Balaban J connectivity index is 2.44. The number of hydrogen-bond donors (Lipinski definition) is 1. The van der Waals surface area contributed by atoms with E-state index in [9.17, 15) is 0 Å². The van der Waals surface area contributed by atoms with Crippen molar-refractivity contribution >= 4 is 31.9 Å². The lowest BCUT2D eigenvalue weighted by Crippen LogP contribution is -2.02. The third-order valence-electron chi connectivity index (χ3n) is 1.73. The van der Waals surface area contributed by atoms with Crippen molar-refractivity contribution in [1.29, 1.82) is 0 Å². The Kier molecular flexibility index (Phi) is 3.13. The summed E-state index contributed by atoms with van der Waals surface area (Å²) in [5, 5.41) is 4.16. The van der Waals surface area contributed by atoms with Gasteiger partial charge >= 0.3 is 0 Å². The molecule has 0 amide bonds. The van der Waals surface area contributed by atoms with E-state index in [1.54, 1.807) is 17.2 Å². The van der Waals surface area contributed by atoms with Crippen LogP contribution in [-0.4, -0.2) is 19.7 Å². The van der Waals surface area contributed by atoms with Crippen molar-refractivity contribution in [1.82, 2.24) is 19.7 Å². The molecule has 0 aliphatic heterocycles. The van der Waals surface area contributed by atoms with Crippen LogP contribution in [0.25, 0.3) is 5.82 Å². The van der Waals surface area contributed by atoms with Crippen LogP contribution in [0.2, 0.25) is 0 Å². The number of nitrogens with zero attached hydrogens (tertiary/aromatic N) is 4. The van der Waals surface area contributed by atoms with E-state index in [4.69, 9.17) is 5.73 Å². The standard InChI is InChI=1S/C8H7Br2N5/c9-5-1-6(10)8(12-3-5)15-4-13-7(2-11)14-15/h1,3-4H,2,11H2. The first-order valence-electron chi connectivity index (χ1n) is 4.12. The first-order chi connectivity index (χ1) is 7.20. The minimum Gasteiger partial charge on any atom is -0.324 e. The van der Waals surface area contributed by atoms with Crippen LogP contribution in [0.3, 0.4) is 0 Å². The lowest BCUT2D eigenvalue weighted by Gasteiger charge is -2.02. The highest BCUT2D eigenvalue weighted by Gasteiger charge is 2.07. The Morgan fingerprint density at radius 2 is 2.13 bits per heavy atom. The summed E-state index contributed by atoms with van der Waals surface area (Å²) in [7, 11) is 0. The van der Waals surface area contributed by atoms with E-state index in [1.165, 1.54) is 0 Å². The largest absolute Gasteiger partial charge is 0.324 e. The summed E-state index contributed by atoms with van der Waals surface area (Å²) in [6, 6.07) is 1.89. The molecular weight excluding hydrogens is 326 g/mol. The molecule has 2 N–H and O–H groups in total. The van der Waals surface area contributed by atoms with Gasteiger partial charge in [0.2, 0.25) is 0 Å². The van der Waals surface area contributed by atoms with Crippen molar-refractivity contribution in [3.05, 3.63) is 33.4 Å². The van der Waals surface area contributed by atoms with Gasteiger partial charge in [-0.25, -0.2) is 14.6 Å². The van der Waals surface area contributed by atoms with Crippen molar-refractivity contribution in [2.75, 3.05) is 0 Å². The highest BCUT2D eigenvalue weighted by atomic mass is 79.9. The van der Waals surface area contributed by atoms with Gasteiger partial charge in [0, 0.05) is 10.7 Å². The van der Waals surface area contributed by atoms with Gasteiger partial charge in [0.15, 0.2) is 11.6 Å². The lowest BCUT2D eigenvalue weighted by molar-refractivity contribution is 0.804. The van der Waals surface area contributed by atoms with Gasteiger partial charge in [-0.1, -0.05) is 0 Å². The summed E-state index contributed by atoms with van der Waals surface area (Å²) >= 11 is 6.73. The second kappa shape index (κ2) is 4.38. The first kappa shape index (κ1) is 10.7. The van der Waals surface area contributed by atoms with Gasteiger partial charge in [0.1, 0.15) is 6.33 Å². The van der Waals surface area contributed by atoms with Gasteiger partial charge in [-0.05, 0) is 37.9 Å². The molecule has 0 aromatic carbocycles. The Bertz CT molecular complexity index is 482. The van der Waals surface area contributed by atoms with E-state index in [-0.39, 0.29) is 0 Å². The van der Waals surface area contributed by atoms with Gasteiger partial charge in [-0.3, -0.25) is 0 Å². The van der Waals surface area contributed by atoms with Crippen LogP contribution >= 0.6 is 31.9 Å². The topological polar surface area (TPSA) is 69.6 Å². The fourth-order valence-electron chi connectivity index (χ4n) is 1.07. The predicted octanol–water partition coefficient (Wildman–Crippen LogP) is 1.65. The van der Waals surface area contributed by atoms with Crippen LogP contribution in [0.5, 0.6) is 0 Å². The van der Waals surface area contributed by atoms with E-state index in [0.29, 0.717) is 18.2 Å². The first-order valence-corrected chi connectivity index (χ1v) is 5.71.